The number of halogens is 1. The third-order valence-electron chi connectivity index (χ3n) is 14.5. The number of anilines is 1. The number of benzene rings is 1. The smallest absolute Gasteiger partial charge is 0.311 e. The van der Waals surface area contributed by atoms with E-state index in [0.29, 0.717) is 30.1 Å². The first-order chi connectivity index (χ1) is 31.4. The number of cyclic esters (lactones) is 1. The topological polar surface area (TPSA) is 223 Å². The minimum Gasteiger partial charge on any atom is -0.459 e. The minimum absolute atomic E-state index is 0.0206. The maximum Gasteiger partial charge on any atom is 0.311 e. The standard InChI is InChI=1S/C49H79ClN4O13/c1-14-37-49(10,60)42(56)28(4)39(53-62-21-15-19-51-34-18-20-52-35-23-32(50)16-17-33(34)35)26(2)24-47(8,59)44(67-46-40(55)36(54(11)12)22-27(3)63-46)29(5)41(30(6)45(58)65-37)66-38-25-48(9,61-13)43(57)31(7)64-38/h16-18,20,23,26-31,36-38,40-44,46,55-57,59-60H,14-15,19,21-22,24-25H2,1-13H3,(H,51,52)/b53-39+/t26-,27?,28-,29-,30-,31?,36?,37+,38?,40?,41-,42+,43?,44-,46?,47-,48?,49-/m1/s1. The van der Waals surface area contributed by atoms with Gasteiger partial charge in [-0.05, 0) is 99.2 Å². The van der Waals surface area contributed by atoms with Crippen molar-refractivity contribution in [3.8, 4) is 0 Å². The molecule has 3 saturated heterocycles. The fourth-order valence-electron chi connectivity index (χ4n) is 10.3. The molecule has 3 fully saturated rings. The summed E-state index contributed by atoms with van der Waals surface area (Å²) in [6.45, 7) is 17.8. The van der Waals surface area contributed by atoms with E-state index in [0.717, 1.165) is 16.6 Å². The van der Waals surface area contributed by atoms with Crippen molar-refractivity contribution in [3.63, 3.8) is 0 Å². The van der Waals surface area contributed by atoms with Gasteiger partial charge in [0.1, 0.15) is 30.5 Å². The molecular formula is C49H79ClN4O13. The molecule has 0 amide bonds. The molecule has 18 heteroatoms. The monoisotopic (exact) mass is 967 g/mol. The molecule has 3 aliphatic rings. The van der Waals surface area contributed by atoms with Gasteiger partial charge in [0.05, 0.1) is 58.9 Å². The quantitative estimate of drug-likeness (QED) is 0.0852. The van der Waals surface area contributed by atoms with Crippen molar-refractivity contribution >= 4 is 39.9 Å². The first-order valence-electron chi connectivity index (χ1n) is 23.9. The van der Waals surface area contributed by atoms with E-state index in [1.54, 1.807) is 60.7 Å². The largest absolute Gasteiger partial charge is 0.459 e. The molecule has 1 aromatic carbocycles. The molecule has 380 valence electrons. The molecule has 1 aromatic heterocycles. The molecule has 18 atom stereocenters. The Hall–Kier alpha value is -2.78. The highest BCUT2D eigenvalue weighted by Gasteiger charge is 2.53. The first kappa shape index (κ1) is 55.2. The second-order valence-corrected chi connectivity index (χ2v) is 20.7. The number of esters is 1. The van der Waals surface area contributed by atoms with Crippen LogP contribution in [0.15, 0.2) is 35.6 Å². The predicted octanol–water partition coefficient (Wildman–Crippen LogP) is 5.29. The summed E-state index contributed by atoms with van der Waals surface area (Å²) in [4.78, 5) is 26.8. The second-order valence-electron chi connectivity index (χ2n) is 20.2. The Morgan fingerprint density at radius 3 is 2.33 bits per heavy atom. The van der Waals surface area contributed by atoms with Crippen LogP contribution in [0.4, 0.5) is 5.69 Å². The fourth-order valence-corrected chi connectivity index (χ4v) is 10.5. The number of hydrogen-bond acceptors (Lipinski definition) is 17. The maximum atomic E-state index is 14.5. The third-order valence-corrected chi connectivity index (χ3v) is 14.7. The van der Waals surface area contributed by atoms with Crippen LogP contribution in [0, 0.1) is 23.7 Å². The zero-order valence-corrected chi connectivity index (χ0v) is 42.5. The van der Waals surface area contributed by atoms with Crippen LogP contribution in [-0.2, 0) is 38.1 Å². The van der Waals surface area contributed by atoms with Gasteiger partial charge < -0.3 is 69.0 Å². The van der Waals surface area contributed by atoms with Crippen LogP contribution in [-0.4, -0.2) is 166 Å². The van der Waals surface area contributed by atoms with Crippen molar-refractivity contribution in [3.05, 3.63) is 35.5 Å². The molecule has 5 rings (SSSR count). The summed E-state index contributed by atoms with van der Waals surface area (Å²) in [6, 6.07) is 7.08. The summed E-state index contributed by atoms with van der Waals surface area (Å²) in [7, 11) is 5.23. The van der Waals surface area contributed by atoms with E-state index in [1.165, 1.54) is 14.0 Å². The van der Waals surface area contributed by atoms with Gasteiger partial charge in [0.15, 0.2) is 12.6 Å². The number of nitrogens with zero attached hydrogens (tertiary/aromatic N) is 3. The van der Waals surface area contributed by atoms with Gasteiger partial charge in [0.25, 0.3) is 0 Å². The van der Waals surface area contributed by atoms with Crippen molar-refractivity contribution in [2.45, 2.75) is 186 Å². The van der Waals surface area contributed by atoms with Gasteiger partial charge in [-0.3, -0.25) is 9.78 Å². The molecule has 4 heterocycles. The Balaban J connectivity index is 1.52. The highest BCUT2D eigenvalue weighted by atomic mass is 35.5. The van der Waals surface area contributed by atoms with Crippen LogP contribution in [0.3, 0.4) is 0 Å². The first-order valence-corrected chi connectivity index (χ1v) is 24.2. The number of fused-ring (bicyclic) bond motifs is 1. The molecule has 0 aliphatic carbocycles. The SMILES string of the molecule is CC[C@@H]1OC(=O)[C@H](C)[C@H](OC2CC(C)(OC)C(O)C(C)O2)[C@@H](C)[C@@H](OC2OC(C)CC(N(C)C)C2O)[C@](C)(O)C[C@@H](C)/C(=N\OCCCNc2ccnc3cc(Cl)ccc23)[C@@H](C)[C@H](O)[C@]1(C)O. The Morgan fingerprint density at radius 2 is 1.67 bits per heavy atom. The number of nitrogens with one attached hydrogen (secondary N) is 1. The Morgan fingerprint density at radius 1 is 0.970 bits per heavy atom. The lowest BCUT2D eigenvalue weighted by Crippen LogP contribution is -2.61. The van der Waals surface area contributed by atoms with Crippen LogP contribution >= 0.6 is 11.6 Å². The normalized spacial score (nSPS) is 41.2. The molecule has 3 aliphatic heterocycles. The lowest BCUT2D eigenvalue weighted by atomic mass is 9.73. The summed E-state index contributed by atoms with van der Waals surface area (Å²) < 4.78 is 38.0. The van der Waals surface area contributed by atoms with E-state index >= 15 is 0 Å². The molecule has 2 aromatic rings. The van der Waals surface area contributed by atoms with Gasteiger partial charge in [-0.1, -0.05) is 44.5 Å². The number of carbonyl (C=O) groups is 1. The molecule has 0 radical (unpaired) electrons. The molecule has 67 heavy (non-hydrogen) atoms. The average Bonchev–Trinajstić information content (AvgIpc) is 3.26. The maximum absolute atomic E-state index is 14.5. The predicted molar refractivity (Wildman–Crippen MR) is 254 cm³/mol. The number of hydrogen-bond donors (Lipinski definition) is 6. The van der Waals surface area contributed by atoms with Crippen molar-refractivity contribution in [1.29, 1.82) is 0 Å². The number of rotatable bonds is 13. The van der Waals surface area contributed by atoms with Gasteiger partial charge in [0, 0.05) is 72.6 Å². The second kappa shape index (κ2) is 23.0. The van der Waals surface area contributed by atoms with Gasteiger partial charge in [0.2, 0.25) is 0 Å². The number of methoxy groups -OCH3 is 1. The molecule has 8 unspecified atom stereocenters. The van der Waals surface area contributed by atoms with Crippen LogP contribution in [0.1, 0.15) is 101 Å². The highest BCUT2D eigenvalue weighted by molar-refractivity contribution is 6.31. The molecule has 0 bridgehead atoms. The number of carbonyl (C=O) groups excluding carboxylic acids is 1. The van der Waals surface area contributed by atoms with E-state index in [4.69, 9.17) is 44.9 Å². The van der Waals surface area contributed by atoms with Crippen molar-refractivity contribution in [2.24, 2.45) is 28.8 Å². The lowest BCUT2D eigenvalue weighted by molar-refractivity contribution is -0.317. The van der Waals surface area contributed by atoms with Crippen molar-refractivity contribution in [2.75, 3.05) is 39.7 Å². The number of likely N-dealkylation sites (N-methyl/N-ethyl adjacent to an activating group) is 1. The third kappa shape index (κ3) is 12.8. The van der Waals surface area contributed by atoms with E-state index in [-0.39, 0.29) is 38.0 Å². The highest BCUT2D eigenvalue weighted by Crippen LogP contribution is 2.41. The van der Waals surface area contributed by atoms with Crippen molar-refractivity contribution in [1.82, 2.24) is 9.88 Å². The number of ether oxygens (including phenoxy) is 6. The minimum atomic E-state index is -1.97. The molecular weight excluding hydrogens is 888 g/mol. The summed E-state index contributed by atoms with van der Waals surface area (Å²) in [5, 5.41) is 69.5. The molecule has 0 spiro atoms. The van der Waals surface area contributed by atoms with Gasteiger partial charge in [-0.25, -0.2) is 0 Å². The summed E-state index contributed by atoms with van der Waals surface area (Å²) in [5.74, 6) is -4.13. The Kier molecular flexibility index (Phi) is 18.9. The number of aliphatic hydroxyl groups excluding tert-OH is 3. The van der Waals surface area contributed by atoms with Crippen LogP contribution in [0.5, 0.6) is 0 Å². The zero-order chi connectivity index (χ0) is 49.8. The number of pyridine rings is 1. The molecule has 17 nitrogen and oxygen atoms in total. The van der Waals surface area contributed by atoms with E-state index < -0.39 is 102 Å². The lowest BCUT2D eigenvalue weighted by Gasteiger charge is -2.49. The average molecular weight is 968 g/mol. The molecule has 6 N–H and O–H groups in total. The number of aliphatic hydroxyl groups is 5. The Bertz CT molecular complexity index is 1960. The molecule has 0 saturated carbocycles. The zero-order valence-electron chi connectivity index (χ0n) is 41.7. The van der Waals surface area contributed by atoms with Gasteiger partial charge >= 0.3 is 5.97 Å². The van der Waals surface area contributed by atoms with Crippen molar-refractivity contribution < 1.29 is 63.6 Å². The van der Waals surface area contributed by atoms with Gasteiger partial charge in [-0.15, -0.1) is 0 Å². The van der Waals surface area contributed by atoms with E-state index in [2.05, 4.69) is 15.5 Å². The van der Waals surface area contributed by atoms with Crippen LogP contribution in [0.2, 0.25) is 5.02 Å². The number of aromatic nitrogens is 1. The summed E-state index contributed by atoms with van der Waals surface area (Å²) in [6.07, 6.45) is -7.30. The fraction of sp³-hybridized carbons (Fsp3) is 0.776. The number of oxime groups is 1. The summed E-state index contributed by atoms with van der Waals surface area (Å²) >= 11 is 6.19. The van der Waals surface area contributed by atoms with E-state index in [1.807, 2.05) is 51.0 Å². The summed E-state index contributed by atoms with van der Waals surface area (Å²) in [5.41, 5.74) is -2.81. The van der Waals surface area contributed by atoms with Gasteiger partial charge in [-0.2, -0.15) is 0 Å². The Labute approximate surface area is 401 Å². The van der Waals surface area contributed by atoms with E-state index in [9.17, 15) is 30.3 Å². The van der Waals surface area contributed by atoms with Crippen LogP contribution < -0.4 is 5.32 Å². The van der Waals surface area contributed by atoms with Crippen LogP contribution in [0.25, 0.3) is 10.9 Å².